The molecule has 1 aliphatic heterocycles. The smallest absolute Gasteiger partial charge is 0.317 e. The van der Waals surface area contributed by atoms with Gasteiger partial charge in [-0.2, -0.15) is 0 Å². The van der Waals surface area contributed by atoms with Crippen LogP contribution >= 0.6 is 11.8 Å². The minimum absolute atomic E-state index is 0.0138. The van der Waals surface area contributed by atoms with E-state index in [0.29, 0.717) is 12.6 Å². The number of carbonyl (C=O) groups is 1. The van der Waals surface area contributed by atoms with Crippen molar-refractivity contribution in [3.05, 3.63) is 29.8 Å². The van der Waals surface area contributed by atoms with Gasteiger partial charge in [-0.05, 0) is 44.0 Å². The Morgan fingerprint density at radius 1 is 1.55 bits per heavy atom. The van der Waals surface area contributed by atoms with E-state index in [2.05, 4.69) is 35.7 Å². The third-order valence-electron chi connectivity index (χ3n) is 3.81. The Morgan fingerprint density at radius 2 is 2.35 bits per heavy atom. The molecule has 1 aromatic rings. The van der Waals surface area contributed by atoms with Crippen LogP contribution in [0.5, 0.6) is 0 Å². The van der Waals surface area contributed by atoms with Crippen molar-refractivity contribution in [2.24, 2.45) is 0 Å². The number of thioether (sulfide) groups is 1. The predicted octanol–water partition coefficient (Wildman–Crippen LogP) is 2.25. The SMILES string of the molecule is CSc1cccc(CNC(=O)N(C)C2CCN(C)C2)c1. The summed E-state index contributed by atoms with van der Waals surface area (Å²) in [5, 5.41) is 3.00. The van der Waals surface area contributed by atoms with Gasteiger partial charge >= 0.3 is 6.03 Å². The molecule has 0 aromatic heterocycles. The van der Waals surface area contributed by atoms with Crippen molar-refractivity contribution in [3.63, 3.8) is 0 Å². The summed E-state index contributed by atoms with van der Waals surface area (Å²) in [5.74, 6) is 0. The maximum atomic E-state index is 12.2. The first kappa shape index (κ1) is 15.2. The number of amides is 2. The van der Waals surface area contributed by atoms with Crippen LogP contribution in [0.4, 0.5) is 4.79 Å². The molecule has 1 N–H and O–H groups in total. The number of likely N-dealkylation sites (N-methyl/N-ethyl adjacent to an activating group) is 2. The largest absolute Gasteiger partial charge is 0.334 e. The van der Waals surface area contributed by atoms with Crippen LogP contribution in [0.3, 0.4) is 0 Å². The molecule has 2 amide bonds. The fraction of sp³-hybridized carbons (Fsp3) is 0.533. The maximum absolute atomic E-state index is 12.2. The highest BCUT2D eigenvalue weighted by molar-refractivity contribution is 7.98. The Balaban J connectivity index is 1.85. The number of nitrogens with zero attached hydrogens (tertiary/aromatic N) is 2. The number of carbonyl (C=O) groups excluding carboxylic acids is 1. The second kappa shape index (κ2) is 6.99. The normalized spacial score (nSPS) is 19.1. The van der Waals surface area contributed by atoms with E-state index in [0.717, 1.165) is 25.1 Å². The molecule has 1 fully saturated rings. The van der Waals surface area contributed by atoms with Crippen molar-refractivity contribution in [3.8, 4) is 0 Å². The summed E-state index contributed by atoms with van der Waals surface area (Å²) >= 11 is 1.72. The third kappa shape index (κ3) is 3.90. The molecule has 1 aromatic carbocycles. The molecule has 0 radical (unpaired) electrons. The quantitative estimate of drug-likeness (QED) is 0.865. The molecule has 2 rings (SSSR count). The number of benzene rings is 1. The van der Waals surface area contributed by atoms with Gasteiger partial charge in [-0.3, -0.25) is 0 Å². The second-order valence-corrected chi connectivity index (χ2v) is 6.21. The molecule has 0 aliphatic carbocycles. The van der Waals surface area contributed by atoms with Crippen molar-refractivity contribution >= 4 is 17.8 Å². The van der Waals surface area contributed by atoms with Crippen LogP contribution in [0, 0.1) is 0 Å². The Hall–Kier alpha value is -1.20. The summed E-state index contributed by atoms with van der Waals surface area (Å²) in [6, 6.07) is 8.62. The highest BCUT2D eigenvalue weighted by Crippen LogP contribution is 2.16. The molecule has 0 bridgehead atoms. The van der Waals surface area contributed by atoms with Crippen molar-refractivity contribution in [2.75, 3.05) is 33.4 Å². The Bertz CT molecular complexity index is 466. The van der Waals surface area contributed by atoms with Gasteiger partial charge in [-0.1, -0.05) is 12.1 Å². The van der Waals surface area contributed by atoms with Crippen molar-refractivity contribution in [1.29, 1.82) is 0 Å². The molecule has 5 heteroatoms. The summed E-state index contributed by atoms with van der Waals surface area (Å²) in [6.07, 6.45) is 3.12. The molecule has 1 heterocycles. The van der Waals surface area contributed by atoms with Gasteiger partial charge in [0.1, 0.15) is 0 Å². The van der Waals surface area contributed by atoms with Crippen LogP contribution in [0.1, 0.15) is 12.0 Å². The minimum atomic E-state index is 0.0138. The monoisotopic (exact) mass is 293 g/mol. The number of hydrogen-bond donors (Lipinski definition) is 1. The van der Waals surface area contributed by atoms with Gasteiger partial charge in [-0.15, -0.1) is 11.8 Å². The molecule has 20 heavy (non-hydrogen) atoms. The first-order valence-electron chi connectivity index (χ1n) is 6.92. The summed E-state index contributed by atoms with van der Waals surface area (Å²) in [4.78, 5) is 17.5. The van der Waals surface area contributed by atoms with Crippen LogP contribution in [-0.4, -0.2) is 55.3 Å². The van der Waals surface area contributed by atoms with Crippen molar-refractivity contribution in [1.82, 2.24) is 15.1 Å². The molecular formula is C15H23N3OS. The maximum Gasteiger partial charge on any atom is 0.317 e. The van der Waals surface area contributed by atoms with Crippen LogP contribution in [0.15, 0.2) is 29.2 Å². The average Bonchev–Trinajstić information content (AvgIpc) is 2.90. The fourth-order valence-electron chi connectivity index (χ4n) is 2.48. The van der Waals surface area contributed by atoms with Crippen LogP contribution < -0.4 is 5.32 Å². The van der Waals surface area contributed by atoms with Gasteiger partial charge in [0.25, 0.3) is 0 Å². The van der Waals surface area contributed by atoms with E-state index in [9.17, 15) is 4.79 Å². The van der Waals surface area contributed by atoms with Crippen molar-refractivity contribution < 1.29 is 4.79 Å². The van der Waals surface area contributed by atoms with E-state index >= 15 is 0 Å². The number of nitrogens with one attached hydrogen (secondary N) is 1. The van der Waals surface area contributed by atoms with E-state index < -0.39 is 0 Å². The molecule has 1 atom stereocenters. The van der Waals surface area contributed by atoms with Gasteiger partial charge in [0, 0.05) is 31.1 Å². The molecule has 4 nitrogen and oxygen atoms in total. The lowest BCUT2D eigenvalue weighted by Crippen LogP contribution is -2.44. The zero-order chi connectivity index (χ0) is 14.5. The zero-order valence-corrected chi connectivity index (χ0v) is 13.2. The van der Waals surface area contributed by atoms with E-state index in [1.165, 1.54) is 4.90 Å². The lowest BCUT2D eigenvalue weighted by molar-refractivity contribution is 0.190. The first-order valence-corrected chi connectivity index (χ1v) is 8.14. The van der Waals surface area contributed by atoms with Crippen LogP contribution in [0.25, 0.3) is 0 Å². The molecule has 0 spiro atoms. The fourth-order valence-corrected chi connectivity index (χ4v) is 2.96. The molecule has 1 unspecified atom stereocenters. The average molecular weight is 293 g/mol. The molecule has 1 saturated heterocycles. The standard InChI is InChI=1S/C15H23N3OS/c1-17-8-7-13(11-17)18(2)15(19)16-10-12-5-4-6-14(9-12)20-3/h4-6,9,13H,7-8,10-11H2,1-3H3,(H,16,19). The van der Waals surface area contributed by atoms with E-state index in [-0.39, 0.29) is 6.03 Å². The van der Waals surface area contributed by atoms with Gasteiger partial charge in [0.15, 0.2) is 0 Å². The van der Waals surface area contributed by atoms with Gasteiger partial charge < -0.3 is 15.1 Å². The highest BCUT2D eigenvalue weighted by Gasteiger charge is 2.26. The molecule has 110 valence electrons. The molecule has 0 saturated carbocycles. The van der Waals surface area contributed by atoms with Crippen LogP contribution in [-0.2, 0) is 6.54 Å². The van der Waals surface area contributed by atoms with E-state index in [4.69, 9.17) is 0 Å². The number of urea groups is 1. The van der Waals surface area contributed by atoms with Crippen molar-refractivity contribution in [2.45, 2.75) is 23.9 Å². The van der Waals surface area contributed by atoms with Gasteiger partial charge in [0.05, 0.1) is 0 Å². The Morgan fingerprint density at radius 3 is 3.00 bits per heavy atom. The summed E-state index contributed by atoms with van der Waals surface area (Å²) in [6.45, 7) is 2.62. The zero-order valence-electron chi connectivity index (χ0n) is 12.4. The number of rotatable bonds is 4. The molecular weight excluding hydrogens is 270 g/mol. The third-order valence-corrected chi connectivity index (χ3v) is 4.54. The lowest BCUT2D eigenvalue weighted by Gasteiger charge is -2.24. The first-order chi connectivity index (χ1) is 9.60. The second-order valence-electron chi connectivity index (χ2n) is 5.33. The van der Waals surface area contributed by atoms with Gasteiger partial charge in [0.2, 0.25) is 0 Å². The number of likely N-dealkylation sites (tertiary alicyclic amines) is 1. The van der Waals surface area contributed by atoms with Gasteiger partial charge in [-0.25, -0.2) is 4.79 Å². The summed E-state index contributed by atoms with van der Waals surface area (Å²) < 4.78 is 0. The minimum Gasteiger partial charge on any atom is -0.334 e. The predicted molar refractivity (Wildman–Crippen MR) is 84.1 cm³/mol. The molecule has 1 aliphatic rings. The number of hydrogen-bond acceptors (Lipinski definition) is 3. The summed E-state index contributed by atoms with van der Waals surface area (Å²) in [7, 11) is 3.98. The highest BCUT2D eigenvalue weighted by atomic mass is 32.2. The Kier molecular flexibility index (Phi) is 5.31. The topological polar surface area (TPSA) is 35.6 Å². The van der Waals surface area contributed by atoms with Crippen LogP contribution in [0.2, 0.25) is 0 Å². The lowest BCUT2D eigenvalue weighted by atomic mass is 10.2. The summed E-state index contributed by atoms with van der Waals surface area (Å²) in [5.41, 5.74) is 1.14. The van der Waals surface area contributed by atoms with E-state index in [1.54, 1.807) is 11.8 Å². The van der Waals surface area contributed by atoms with E-state index in [1.807, 2.05) is 24.1 Å². The Labute approximate surface area is 125 Å².